The Labute approximate surface area is 200 Å². The number of para-hydroxylation sites is 1. The maximum atomic E-state index is 13.3. The number of halogens is 1. The molecule has 1 saturated heterocycles. The number of imidazole rings is 1. The molecule has 4 aromatic rings. The number of fused-ring (bicyclic) bond motifs is 2. The summed E-state index contributed by atoms with van der Waals surface area (Å²) in [6.07, 6.45) is 2.79. The number of benzene rings is 2. The van der Waals surface area contributed by atoms with Gasteiger partial charge in [0, 0.05) is 49.2 Å². The van der Waals surface area contributed by atoms with Crippen LogP contribution >= 0.6 is 12.4 Å². The zero-order chi connectivity index (χ0) is 22.4. The van der Waals surface area contributed by atoms with Crippen molar-refractivity contribution in [2.75, 3.05) is 13.1 Å². The van der Waals surface area contributed by atoms with E-state index in [1.165, 1.54) is 10.9 Å². The molecule has 174 valence electrons. The number of likely N-dealkylation sites (tertiary alicyclic amines) is 1. The van der Waals surface area contributed by atoms with Gasteiger partial charge in [-0.2, -0.15) is 0 Å². The van der Waals surface area contributed by atoms with Crippen LogP contribution in [0.15, 0.2) is 42.5 Å². The molecule has 1 atom stereocenters. The molecule has 3 heterocycles. The van der Waals surface area contributed by atoms with E-state index < -0.39 is 0 Å². The number of hydrogen-bond donors (Lipinski definition) is 1. The van der Waals surface area contributed by atoms with Crippen LogP contribution in [0.2, 0.25) is 0 Å². The second kappa shape index (κ2) is 9.20. The van der Waals surface area contributed by atoms with Crippen LogP contribution in [-0.2, 0) is 20.0 Å². The number of nitrogens with zero attached hydrogens (tertiary/aromatic N) is 4. The van der Waals surface area contributed by atoms with E-state index in [0.29, 0.717) is 12.1 Å². The van der Waals surface area contributed by atoms with Gasteiger partial charge in [-0.15, -0.1) is 12.4 Å². The number of aromatic nitrogens is 3. The Morgan fingerprint density at radius 3 is 2.70 bits per heavy atom. The molecule has 5 rings (SSSR count). The number of carbonyl (C=O) groups excluding carboxylic acids is 1. The first-order valence-electron chi connectivity index (χ1n) is 11.6. The molecular weight excluding hydrogens is 434 g/mol. The van der Waals surface area contributed by atoms with Crippen molar-refractivity contribution in [1.29, 1.82) is 0 Å². The molecule has 0 bridgehead atoms. The number of amides is 1. The van der Waals surface area contributed by atoms with Crippen molar-refractivity contribution >= 4 is 40.3 Å². The van der Waals surface area contributed by atoms with E-state index in [0.717, 1.165) is 60.5 Å². The minimum absolute atomic E-state index is 0. The van der Waals surface area contributed by atoms with Gasteiger partial charge in [0.15, 0.2) is 5.82 Å². The third-order valence-electron chi connectivity index (χ3n) is 6.78. The molecule has 0 radical (unpaired) electrons. The Bertz CT molecular complexity index is 1320. The maximum absolute atomic E-state index is 13.3. The number of aryl methyl sites for hydroxylation is 3. The number of nitrogens with two attached hydrogens (primary N) is 1. The highest BCUT2D eigenvalue weighted by Gasteiger charge is 2.24. The molecule has 1 fully saturated rings. The Kier molecular flexibility index (Phi) is 6.50. The van der Waals surface area contributed by atoms with Gasteiger partial charge in [0.2, 0.25) is 0 Å². The zero-order valence-corrected chi connectivity index (χ0v) is 20.4. The number of piperidine rings is 1. The average Bonchev–Trinajstić information content (AvgIpc) is 3.35. The Hall–Kier alpha value is -2.83. The Morgan fingerprint density at radius 2 is 1.97 bits per heavy atom. The molecule has 1 aliphatic rings. The summed E-state index contributed by atoms with van der Waals surface area (Å²) in [7, 11) is 2.08. The normalized spacial score (nSPS) is 16.4. The van der Waals surface area contributed by atoms with E-state index in [9.17, 15) is 4.79 Å². The molecule has 2 aromatic carbocycles. The molecule has 2 aromatic heterocycles. The summed E-state index contributed by atoms with van der Waals surface area (Å²) in [6.45, 7) is 6.57. The summed E-state index contributed by atoms with van der Waals surface area (Å²) in [5, 5.41) is 1.21. The van der Waals surface area contributed by atoms with Gasteiger partial charge in [0.05, 0.1) is 16.7 Å². The summed E-state index contributed by atoms with van der Waals surface area (Å²) in [6, 6.07) is 14.7. The van der Waals surface area contributed by atoms with E-state index in [2.05, 4.69) is 60.4 Å². The van der Waals surface area contributed by atoms with Gasteiger partial charge >= 0.3 is 0 Å². The van der Waals surface area contributed by atoms with Gasteiger partial charge in [-0.05, 0) is 56.0 Å². The predicted molar refractivity (Wildman–Crippen MR) is 137 cm³/mol. The number of rotatable bonds is 4. The lowest BCUT2D eigenvalue weighted by Gasteiger charge is -2.31. The fourth-order valence-corrected chi connectivity index (χ4v) is 5.18. The second-order valence-corrected chi connectivity index (χ2v) is 8.84. The van der Waals surface area contributed by atoms with Crippen molar-refractivity contribution < 1.29 is 4.79 Å². The van der Waals surface area contributed by atoms with Crippen LogP contribution in [0, 0.1) is 0 Å². The van der Waals surface area contributed by atoms with E-state index in [-0.39, 0.29) is 24.4 Å². The van der Waals surface area contributed by atoms with Crippen molar-refractivity contribution in [3.8, 4) is 11.5 Å². The van der Waals surface area contributed by atoms with Gasteiger partial charge in [-0.25, -0.2) is 4.98 Å². The van der Waals surface area contributed by atoms with E-state index in [1.807, 2.05) is 17.0 Å². The number of carbonyl (C=O) groups is 1. The van der Waals surface area contributed by atoms with Crippen molar-refractivity contribution in [3.63, 3.8) is 0 Å². The summed E-state index contributed by atoms with van der Waals surface area (Å²) < 4.78 is 4.49. The molecule has 0 saturated carbocycles. The average molecular weight is 466 g/mol. The summed E-state index contributed by atoms with van der Waals surface area (Å²) in [5.74, 6) is 0.990. The van der Waals surface area contributed by atoms with Gasteiger partial charge in [-0.3, -0.25) is 4.79 Å². The Balaban J connectivity index is 0.00000259. The minimum Gasteiger partial charge on any atom is -0.338 e. The Morgan fingerprint density at radius 1 is 1.18 bits per heavy atom. The fraction of sp³-hybridized carbons (Fsp3) is 0.385. The standard InChI is InChI=1S/C26H31N5O.ClH/c1-4-17-13-19(26(32)30-12-8-10-20(27)16-30)14-21-24(17)29(3)25(28-21)23-15-18-9-6-7-11-22(18)31(23)5-2;/h6-7,9,11,13-15,20H,4-5,8,10,12,16,27H2,1-3H3;1H/t20-;/m1./s1. The van der Waals surface area contributed by atoms with Crippen LogP contribution in [0.25, 0.3) is 33.5 Å². The lowest BCUT2D eigenvalue weighted by Crippen LogP contribution is -2.45. The van der Waals surface area contributed by atoms with Crippen molar-refractivity contribution in [1.82, 2.24) is 19.0 Å². The van der Waals surface area contributed by atoms with Crippen LogP contribution in [0.3, 0.4) is 0 Å². The van der Waals surface area contributed by atoms with Crippen LogP contribution < -0.4 is 5.73 Å². The van der Waals surface area contributed by atoms with Crippen molar-refractivity contribution in [2.24, 2.45) is 12.8 Å². The first-order chi connectivity index (χ1) is 15.5. The first-order valence-corrected chi connectivity index (χ1v) is 11.6. The van der Waals surface area contributed by atoms with Gasteiger partial charge in [-0.1, -0.05) is 25.1 Å². The fourth-order valence-electron chi connectivity index (χ4n) is 5.18. The highest BCUT2D eigenvalue weighted by molar-refractivity contribution is 5.99. The largest absolute Gasteiger partial charge is 0.338 e. The van der Waals surface area contributed by atoms with E-state index in [4.69, 9.17) is 10.7 Å². The van der Waals surface area contributed by atoms with E-state index >= 15 is 0 Å². The van der Waals surface area contributed by atoms with Crippen molar-refractivity contribution in [3.05, 3.63) is 53.6 Å². The SMILES string of the molecule is CCc1cc(C(=O)N2CCC[C@@H](N)C2)cc2nc(-c3cc4ccccc4n3CC)n(C)c12.Cl. The molecular formula is C26H32ClN5O. The zero-order valence-electron chi connectivity index (χ0n) is 19.5. The number of hydrogen-bond acceptors (Lipinski definition) is 3. The van der Waals surface area contributed by atoms with Gasteiger partial charge < -0.3 is 19.8 Å². The molecule has 7 heteroatoms. The molecule has 1 amide bonds. The monoisotopic (exact) mass is 465 g/mol. The molecule has 6 nitrogen and oxygen atoms in total. The smallest absolute Gasteiger partial charge is 0.253 e. The third-order valence-corrected chi connectivity index (χ3v) is 6.78. The molecule has 2 N–H and O–H groups in total. The van der Waals surface area contributed by atoms with E-state index in [1.54, 1.807) is 0 Å². The predicted octanol–water partition coefficient (Wildman–Crippen LogP) is 4.76. The molecule has 1 aliphatic heterocycles. The summed E-state index contributed by atoms with van der Waals surface area (Å²) >= 11 is 0. The molecule has 0 unspecified atom stereocenters. The minimum atomic E-state index is 0. The van der Waals surface area contributed by atoms with Gasteiger partial charge in [0.25, 0.3) is 5.91 Å². The summed E-state index contributed by atoms with van der Waals surface area (Å²) in [4.78, 5) is 20.2. The quantitative estimate of drug-likeness (QED) is 0.472. The van der Waals surface area contributed by atoms with Crippen LogP contribution in [0.1, 0.15) is 42.6 Å². The lowest BCUT2D eigenvalue weighted by atomic mass is 10.0. The highest BCUT2D eigenvalue weighted by atomic mass is 35.5. The first kappa shape index (κ1) is 23.3. The van der Waals surface area contributed by atoms with Crippen LogP contribution in [0.5, 0.6) is 0 Å². The molecule has 33 heavy (non-hydrogen) atoms. The molecule has 0 aliphatic carbocycles. The highest BCUT2D eigenvalue weighted by Crippen LogP contribution is 2.32. The summed E-state index contributed by atoms with van der Waals surface area (Å²) in [5.41, 5.74) is 12.3. The lowest BCUT2D eigenvalue weighted by molar-refractivity contribution is 0.0709. The van der Waals surface area contributed by atoms with Crippen molar-refractivity contribution in [2.45, 2.75) is 45.7 Å². The third kappa shape index (κ3) is 3.91. The maximum Gasteiger partial charge on any atom is 0.253 e. The van der Waals surface area contributed by atoms with Crippen LogP contribution in [-0.4, -0.2) is 44.1 Å². The second-order valence-electron chi connectivity index (χ2n) is 8.84. The van der Waals surface area contributed by atoms with Gasteiger partial charge in [0.1, 0.15) is 0 Å². The molecule has 0 spiro atoms. The topological polar surface area (TPSA) is 69.1 Å². The van der Waals surface area contributed by atoms with Crippen LogP contribution in [0.4, 0.5) is 0 Å².